The Bertz CT molecular complexity index is 472. The van der Waals surface area contributed by atoms with E-state index in [0.717, 1.165) is 13.1 Å². The molecule has 20 heavy (non-hydrogen) atoms. The van der Waals surface area contributed by atoms with Gasteiger partial charge < -0.3 is 10.2 Å². The van der Waals surface area contributed by atoms with Gasteiger partial charge in [0.25, 0.3) is 5.69 Å². The first kappa shape index (κ1) is 14.7. The predicted molar refractivity (Wildman–Crippen MR) is 79.0 cm³/mol. The molecule has 1 saturated carbocycles. The Labute approximate surface area is 119 Å². The Hall–Kier alpha value is -1.69. The molecule has 1 N–H and O–H groups in total. The van der Waals surface area contributed by atoms with Gasteiger partial charge in [0.2, 0.25) is 0 Å². The third kappa shape index (κ3) is 3.66. The molecular formula is C14H22N4O2. The van der Waals surface area contributed by atoms with Gasteiger partial charge >= 0.3 is 0 Å². The number of nitro groups is 1. The summed E-state index contributed by atoms with van der Waals surface area (Å²) in [5.74, 6) is 0.702. The molecule has 0 aliphatic heterocycles. The number of nitrogens with zero attached hydrogens (tertiary/aromatic N) is 3. The van der Waals surface area contributed by atoms with Crippen LogP contribution < -0.4 is 5.32 Å². The molecule has 1 aliphatic carbocycles. The molecule has 2 rings (SSSR count). The van der Waals surface area contributed by atoms with Crippen LogP contribution in [-0.2, 0) is 0 Å². The molecule has 1 aromatic heterocycles. The maximum atomic E-state index is 10.7. The highest BCUT2D eigenvalue weighted by atomic mass is 16.6. The van der Waals surface area contributed by atoms with E-state index in [4.69, 9.17) is 0 Å². The monoisotopic (exact) mass is 278 g/mol. The van der Waals surface area contributed by atoms with Gasteiger partial charge in [0.1, 0.15) is 12.0 Å². The minimum absolute atomic E-state index is 0.0682. The Morgan fingerprint density at radius 2 is 2.20 bits per heavy atom. The largest absolute Gasteiger partial charge is 0.369 e. The van der Waals surface area contributed by atoms with Gasteiger partial charge in [-0.25, -0.2) is 4.98 Å². The van der Waals surface area contributed by atoms with Crippen molar-refractivity contribution in [1.82, 2.24) is 9.88 Å². The minimum Gasteiger partial charge on any atom is -0.369 e. The first-order valence-electron chi connectivity index (χ1n) is 7.13. The zero-order valence-electron chi connectivity index (χ0n) is 12.1. The fourth-order valence-corrected chi connectivity index (χ4v) is 2.72. The van der Waals surface area contributed by atoms with Crippen molar-refractivity contribution in [2.45, 2.75) is 38.6 Å². The Balaban J connectivity index is 1.82. The molecule has 0 aromatic carbocycles. The highest BCUT2D eigenvalue weighted by Gasteiger charge is 2.18. The maximum Gasteiger partial charge on any atom is 0.290 e. The average Bonchev–Trinajstić information content (AvgIpc) is 2.92. The zero-order chi connectivity index (χ0) is 14.5. The summed E-state index contributed by atoms with van der Waals surface area (Å²) >= 11 is 0. The molecule has 1 aromatic rings. The number of aromatic nitrogens is 1. The first-order valence-corrected chi connectivity index (χ1v) is 7.13. The van der Waals surface area contributed by atoms with Crippen LogP contribution >= 0.6 is 0 Å². The van der Waals surface area contributed by atoms with Crippen molar-refractivity contribution >= 4 is 11.5 Å². The molecule has 1 fully saturated rings. The lowest BCUT2D eigenvalue weighted by Gasteiger charge is -2.24. The number of hydrogen-bond acceptors (Lipinski definition) is 5. The lowest BCUT2D eigenvalue weighted by atomic mass is 10.2. The summed E-state index contributed by atoms with van der Waals surface area (Å²) in [4.78, 5) is 16.8. The molecule has 0 atom stereocenters. The van der Waals surface area contributed by atoms with E-state index in [0.29, 0.717) is 17.4 Å². The third-order valence-corrected chi connectivity index (χ3v) is 4.00. The van der Waals surface area contributed by atoms with Crippen LogP contribution in [0.2, 0.25) is 0 Å². The van der Waals surface area contributed by atoms with Gasteiger partial charge in [-0.1, -0.05) is 12.8 Å². The molecule has 0 radical (unpaired) electrons. The number of hydrogen-bond donors (Lipinski definition) is 1. The lowest BCUT2D eigenvalue weighted by Crippen LogP contribution is -2.33. The average molecular weight is 278 g/mol. The van der Waals surface area contributed by atoms with Gasteiger partial charge in [0.15, 0.2) is 0 Å². The minimum atomic E-state index is -0.403. The molecule has 0 bridgehead atoms. The van der Waals surface area contributed by atoms with E-state index in [-0.39, 0.29) is 5.69 Å². The van der Waals surface area contributed by atoms with Gasteiger partial charge in [-0.2, -0.15) is 0 Å². The van der Waals surface area contributed by atoms with Crippen molar-refractivity contribution in [3.63, 3.8) is 0 Å². The number of nitrogens with one attached hydrogen (secondary N) is 1. The van der Waals surface area contributed by atoms with Gasteiger partial charge in [-0.3, -0.25) is 10.1 Å². The molecule has 6 nitrogen and oxygen atoms in total. The van der Waals surface area contributed by atoms with E-state index >= 15 is 0 Å². The quantitative estimate of drug-likeness (QED) is 0.639. The number of aryl methyl sites for hydroxylation is 1. The van der Waals surface area contributed by atoms with Crippen LogP contribution in [0.4, 0.5) is 11.5 Å². The standard InChI is InChI=1S/C14H22N4O2/c1-11-9-14(16-10-13(11)18(19)20)15-7-8-17(2)12-5-3-4-6-12/h9-10,12H,3-8H2,1-2H3,(H,15,16). The van der Waals surface area contributed by atoms with Crippen LogP contribution in [0.15, 0.2) is 12.3 Å². The molecule has 1 aliphatic rings. The second-order valence-electron chi connectivity index (χ2n) is 5.46. The number of rotatable bonds is 6. The molecule has 1 heterocycles. The van der Waals surface area contributed by atoms with Crippen LogP contribution in [0, 0.1) is 17.0 Å². The van der Waals surface area contributed by atoms with Crippen LogP contribution in [0.1, 0.15) is 31.2 Å². The number of likely N-dealkylation sites (N-methyl/N-ethyl adjacent to an activating group) is 1. The fourth-order valence-electron chi connectivity index (χ4n) is 2.72. The van der Waals surface area contributed by atoms with Crippen LogP contribution in [-0.4, -0.2) is 41.0 Å². The van der Waals surface area contributed by atoms with E-state index in [1.165, 1.54) is 31.9 Å². The van der Waals surface area contributed by atoms with E-state index < -0.39 is 4.92 Å². The Morgan fingerprint density at radius 1 is 1.50 bits per heavy atom. The second kappa shape index (κ2) is 6.65. The molecule has 0 spiro atoms. The van der Waals surface area contributed by atoms with Crippen molar-refractivity contribution in [1.29, 1.82) is 0 Å². The van der Waals surface area contributed by atoms with E-state index in [1.807, 2.05) is 0 Å². The topological polar surface area (TPSA) is 71.3 Å². The molecule has 0 saturated heterocycles. The van der Waals surface area contributed by atoms with E-state index in [9.17, 15) is 10.1 Å². The third-order valence-electron chi connectivity index (χ3n) is 4.00. The second-order valence-corrected chi connectivity index (χ2v) is 5.46. The Morgan fingerprint density at radius 3 is 2.80 bits per heavy atom. The Kier molecular flexibility index (Phi) is 4.89. The van der Waals surface area contributed by atoms with Crippen molar-refractivity contribution in [3.05, 3.63) is 27.9 Å². The van der Waals surface area contributed by atoms with Crippen molar-refractivity contribution in [3.8, 4) is 0 Å². The van der Waals surface area contributed by atoms with E-state index in [1.54, 1.807) is 13.0 Å². The molecule has 110 valence electrons. The summed E-state index contributed by atoms with van der Waals surface area (Å²) in [7, 11) is 2.16. The normalized spacial score (nSPS) is 15.8. The SMILES string of the molecule is Cc1cc(NCCN(C)C2CCCC2)ncc1[N+](=O)[O-]. The summed E-state index contributed by atoms with van der Waals surface area (Å²) in [5, 5.41) is 14.0. The lowest BCUT2D eigenvalue weighted by molar-refractivity contribution is -0.385. The van der Waals surface area contributed by atoms with Crippen LogP contribution in [0.25, 0.3) is 0 Å². The van der Waals surface area contributed by atoms with Crippen molar-refractivity contribution in [2.24, 2.45) is 0 Å². The zero-order valence-corrected chi connectivity index (χ0v) is 12.1. The summed E-state index contributed by atoms with van der Waals surface area (Å²) in [6, 6.07) is 2.44. The summed E-state index contributed by atoms with van der Waals surface area (Å²) in [5.41, 5.74) is 0.704. The summed E-state index contributed by atoms with van der Waals surface area (Å²) in [6.07, 6.45) is 6.59. The molecule has 6 heteroatoms. The fraction of sp³-hybridized carbons (Fsp3) is 0.643. The van der Waals surface area contributed by atoms with Crippen molar-refractivity contribution < 1.29 is 4.92 Å². The first-order chi connectivity index (χ1) is 9.58. The van der Waals surface area contributed by atoms with Crippen LogP contribution in [0.3, 0.4) is 0 Å². The van der Waals surface area contributed by atoms with Gasteiger partial charge in [-0.05, 0) is 32.9 Å². The summed E-state index contributed by atoms with van der Waals surface area (Å²) in [6.45, 7) is 3.50. The van der Waals surface area contributed by atoms with Gasteiger partial charge in [0.05, 0.1) is 4.92 Å². The van der Waals surface area contributed by atoms with Gasteiger partial charge in [0, 0.05) is 24.7 Å². The summed E-state index contributed by atoms with van der Waals surface area (Å²) < 4.78 is 0. The maximum absolute atomic E-state index is 10.7. The van der Waals surface area contributed by atoms with Crippen molar-refractivity contribution in [2.75, 3.05) is 25.5 Å². The molecule has 0 unspecified atom stereocenters. The molecule has 0 amide bonds. The number of pyridine rings is 1. The highest BCUT2D eigenvalue weighted by Crippen LogP contribution is 2.22. The highest BCUT2D eigenvalue weighted by molar-refractivity contribution is 5.46. The smallest absolute Gasteiger partial charge is 0.290 e. The predicted octanol–water partition coefficient (Wildman–Crippen LogP) is 2.58. The van der Waals surface area contributed by atoms with Crippen LogP contribution in [0.5, 0.6) is 0 Å². The van der Waals surface area contributed by atoms with E-state index in [2.05, 4.69) is 22.2 Å². The van der Waals surface area contributed by atoms with Gasteiger partial charge in [-0.15, -0.1) is 0 Å². The molecular weight excluding hydrogens is 256 g/mol. The number of anilines is 1.